The average molecular weight is 240 g/mol. The first-order valence-corrected chi connectivity index (χ1v) is 4.84. The van der Waals surface area contributed by atoms with Crippen LogP contribution in [0.1, 0.15) is 5.56 Å². The van der Waals surface area contributed by atoms with Crippen molar-refractivity contribution in [2.45, 2.75) is 11.8 Å². The molecule has 0 aliphatic heterocycles. The van der Waals surface area contributed by atoms with Gasteiger partial charge in [0, 0.05) is 5.69 Å². The van der Waals surface area contributed by atoms with Crippen molar-refractivity contribution in [2.24, 2.45) is 0 Å². The maximum Gasteiger partial charge on any atom is 1.00 e. The second-order valence-corrected chi connectivity index (χ2v) is 4.05. The summed E-state index contributed by atoms with van der Waals surface area (Å²) in [6.45, 7) is 1.60. The van der Waals surface area contributed by atoms with E-state index in [9.17, 15) is 13.0 Å². The number of rotatable bonds is 1. The zero-order valence-electron chi connectivity index (χ0n) is 7.94. The molecular formula is C7H9KN2O3S. The minimum Gasteiger partial charge on any atom is -0.744 e. The molecular weight excluding hydrogens is 231 g/mol. The van der Waals surface area contributed by atoms with Crippen LogP contribution in [0.4, 0.5) is 11.4 Å². The zero-order chi connectivity index (χ0) is 10.2. The minimum atomic E-state index is -4.50. The molecule has 0 aliphatic rings. The number of nitrogens with two attached hydrogens (primary N) is 2. The molecule has 0 saturated carbocycles. The fraction of sp³-hybridized carbons (Fsp3) is 0.143. The number of benzene rings is 1. The molecule has 0 aliphatic carbocycles. The zero-order valence-corrected chi connectivity index (χ0v) is 11.9. The summed E-state index contributed by atoms with van der Waals surface area (Å²) in [7, 11) is -4.50. The maximum atomic E-state index is 10.6. The van der Waals surface area contributed by atoms with Gasteiger partial charge in [-0.3, -0.25) is 0 Å². The quantitative estimate of drug-likeness (QED) is 0.310. The predicted octanol–water partition coefficient (Wildman–Crippen LogP) is -2.93. The van der Waals surface area contributed by atoms with Gasteiger partial charge >= 0.3 is 51.4 Å². The molecule has 0 fully saturated rings. The van der Waals surface area contributed by atoms with Gasteiger partial charge in [0.2, 0.25) is 0 Å². The van der Waals surface area contributed by atoms with E-state index < -0.39 is 15.0 Å². The van der Waals surface area contributed by atoms with Gasteiger partial charge in [0.25, 0.3) is 0 Å². The molecule has 0 atom stereocenters. The molecule has 0 amide bonds. The van der Waals surface area contributed by atoms with E-state index in [2.05, 4.69) is 0 Å². The fourth-order valence-electron chi connectivity index (χ4n) is 0.932. The third-order valence-corrected chi connectivity index (χ3v) is 2.56. The smallest absolute Gasteiger partial charge is 0.744 e. The van der Waals surface area contributed by atoms with E-state index in [4.69, 9.17) is 11.5 Å². The third-order valence-electron chi connectivity index (χ3n) is 1.67. The summed E-state index contributed by atoms with van der Waals surface area (Å²) >= 11 is 0. The van der Waals surface area contributed by atoms with Gasteiger partial charge in [-0.25, -0.2) is 8.42 Å². The van der Waals surface area contributed by atoms with Crippen LogP contribution in [-0.2, 0) is 10.1 Å². The topological polar surface area (TPSA) is 109 Å². The molecule has 1 rings (SSSR count). The third kappa shape index (κ3) is 3.19. The molecule has 0 bridgehead atoms. The Labute approximate surface area is 125 Å². The van der Waals surface area contributed by atoms with Gasteiger partial charge in [-0.15, -0.1) is 0 Å². The number of anilines is 2. The molecule has 0 spiro atoms. The average Bonchev–Trinajstić information content (AvgIpc) is 1.94. The molecule has 0 unspecified atom stereocenters. The van der Waals surface area contributed by atoms with Crippen molar-refractivity contribution < 1.29 is 64.4 Å². The van der Waals surface area contributed by atoms with Gasteiger partial charge in [-0.2, -0.15) is 0 Å². The van der Waals surface area contributed by atoms with E-state index in [1.54, 1.807) is 6.92 Å². The minimum absolute atomic E-state index is 0. The van der Waals surface area contributed by atoms with E-state index in [0.29, 0.717) is 11.3 Å². The molecule has 14 heavy (non-hydrogen) atoms. The summed E-state index contributed by atoms with van der Waals surface area (Å²) in [6.07, 6.45) is 0. The molecule has 7 heteroatoms. The molecule has 0 saturated heterocycles. The summed E-state index contributed by atoms with van der Waals surface area (Å²) in [4.78, 5) is -0.417. The molecule has 0 heterocycles. The Kier molecular flexibility index (Phi) is 5.06. The summed E-state index contributed by atoms with van der Waals surface area (Å²) in [5.41, 5.74) is 11.5. The van der Waals surface area contributed by atoms with Crippen LogP contribution in [0.5, 0.6) is 0 Å². The molecule has 1 aromatic rings. The van der Waals surface area contributed by atoms with Gasteiger partial charge < -0.3 is 16.0 Å². The van der Waals surface area contributed by atoms with Crippen LogP contribution < -0.4 is 62.9 Å². The van der Waals surface area contributed by atoms with Crippen LogP contribution in [0.3, 0.4) is 0 Å². The Hall–Kier alpha value is 0.366. The maximum absolute atomic E-state index is 10.6. The van der Waals surface area contributed by atoms with Gasteiger partial charge in [-0.05, 0) is 24.6 Å². The molecule has 5 nitrogen and oxygen atoms in total. The Balaban J connectivity index is 0.00000169. The Morgan fingerprint density at radius 1 is 1.21 bits per heavy atom. The largest absolute Gasteiger partial charge is 1.00 e. The Bertz CT molecular complexity index is 444. The van der Waals surface area contributed by atoms with Crippen LogP contribution in [0.2, 0.25) is 0 Å². The first-order chi connectivity index (χ1) is 5.82. The van der Waals surface area contributed by atoms with Crippen molar-refractivity contribution in [1.82, 2.24) is 0 Å². The number of nitrogen functional groups attached to an aromatic ring is 2. The number of hydrogen-bond donors (Lipinski definition) is 2. The number of hydrogen-bond acceptors (Lipinski definition) is 5. The van der Waals surface area contributed by atoms with Crippen LogP contribution in [0.25, 0.3) is 0 Å². The monoisotopic (exact) mass is 240 g/mol. The molecule has 1 aromatic carbocycles. The van der Waals surface area contributed by atoms with Gasteiger partial charge in [-0.1, -0.05) is 0 Å². The summed E-state index contributed by atoms with van der Waals surface area (Å²) in [5.74, 6) is 0. The van der Waals surface area contributed by atoms with E-state index in [1.165, 1.54) is 12.1 Å². The Morgan fingerprint density at radius 2 is 1.71 bits per heavy atom. The van der Waals surface area contributed by atoms with Crippen LogP contribution in [0.15, 0.2) is 17.0 Å². The van der Waals surface area contributed by atoms with Gasteiger partial charge in [0.1, 0.15) is 10.1 Å². The predicted molar refractivity (Wildman–Crippen MR) is 48.0 cm³/mol. The van der Waals surface area contributed by atoms with E-state index in [1.807, 2.05) is 0 Å². The normalized spacial score (nSPS) is 10.7. The Morgan fingerprint density at radius 3 is 2.14 bits per heavy atom. The molecule has 0 radical (unpaired) electrons. The summed E-state index contributed by atoms with van der Waals surface area (Å²) in [6, 6.07) is 2.44. The van der Waals surface area contributed by atoms with Crippen LogP contribution in [0, 0.1) is 6.92 Å². The first kappa shape index (κ1) is 14.4. The van der Waals surface area contributed by atoms with E-state index in [0.717, 1.165) is 0 Å². The van der Waals surface area contributed by atoms with Crippen molar-refractivity contribution in [2.75, 3.05) is 11.5 Å². The molecule has 0 aromatic heterocycles. The van der Waals surface area contributed by atoms with E-state index >= 15 is 0 Å². The summed E-state index contributed by atoms with van der Waals surface area (Å²) < 4.78 is 31.9. The number of aryl methyl sites for hydroxylation is 1. The van der Waals surface area contributed by atoms with Crippen molar-refractivity contribution in [3.63, 3.8) is 0 Å². The van der Waals surface area contributed by atoms with Crippen molar-refractivity contribution in [1.29, 1.82) is 0 Å². The van der Waals surface area contributed by atoms with Gasteiger partial charge in [0.15, 0.2) is 0 Å². The van der Waals surface area contributed by atoms with Crippen molar-refractivity contribution in [3.05, 3.63) is 17.7 Å². The van der Waals surface area contributed by atoms with Crippen molar-refractivity contribution in [3.8, 4) is 0 Å². The first-order valence-electron chi connectivity index (χ1n) is 3.44. The van der Waals surface area contributed by atoms with Crippen molar-refractivity contribution >= 4 is 21.5 Å². The van der Waals surface area contributed by atoms with E-state index in [-0.39, 0.29) is 57.1 Å². The standard InChI is InChI=1S/C7H10N2O3S.K/c1-4-2-7(13(10,11)12)6(9)3-5(4)8;/h2-3H,8-9H2,1H3,(H,10,11,12);/q;+1/p-1. The molecule has 72 valence electrons. The van der Waals surface area contributed by atoms with Crippen LogP contribution in [-0.4, -0.2) is 13.0 Å². The molecule has 4 N–H and O–H groups in total. The van der Waals surface area contributed by atoms with Crippen LogP contribution >= 0.6 is 0 Å². The second kappa shape index (κ2) is 4.93. The SMILES string of the molecule is Cc1cc(S(=O)(=O)[O-])c(N)cc1N.[K+]. The second-order valence-electron chi connectivity index (χ2n) is 2.70. The van der Waals surface area contributed by atoms with Gasteiger partial charge in [0.05, 0.1) is 10.6 Å². The fourth-order valence-corrected chi connectivity index (χ4v) is 1.60. The summed E-state index contributed by atoms with van der Waals surface area (Å²) in [5, 5.41) is 0.